The Balaban J connectivity index is 2.20. The third-order valence-corrected chi connectivity index (χ3v) is 2.45. The molecule has 2 rings (SSSR count). The van der Waals surface area contributed by atoms with E-state index < -0.39 is 34.6 Å². The van der Waals surface area contributed by atoms with Gasteiger partial charge in [0.1, 0.15) is 5.56 Å². The van der Waals surface area contributed by atoms with Gasteiger partial charge in [-0.1, -0.05) is 0 Å². The molecule has 2 N–H and O–H groups in total. The van der Waals surface area contributed by atoms with Crippen molar-refractivity contribution in [2.75, 3.05) is 5.32 Å². The number of H-pyrrole nitrogens is 1. The van der Waals surface area contributed by atoms with Crippen molar-refractivity contribution in [2.24, 2.45) is 0 Å². The van der Waals surface area contributed by atoms with Crippen LogP contribution in [-0.2, 0) is 6.18 Å². The summed E-state index contributed by atoms with van der Waals surface area (Å²) >= 11 is 0. The summed E-state index contributed by atoms with van der Waals surface area (Å²) in [5, 5.41) is 2.21. The average Bonchev–Trinajstić information content (AvgIpc) is 2.38. The maximum atomic E-state index is 12.4. The van der Waals surface area contributed by atoms with E-state index in [-0.39, 0.29) is 5.69 Å². The molecule has 110 valence electrons. The Labute approximate surface area is 114 Å². The van der Waals surface area contributed by atoms with Crippen molar-refractivity contribution in [3.63, 3.8) is 0 Å². The number of carbonyl (C=O) groups is 1. The first-order valence-corrected chi connectivity index (χ1v) is 5.49. The first kappa shape index (κ1) is 14.6. The van der Waals surface area contributed by atoms with Crippen LogP contribution in [0.1, 0.15) is 15.9 Å². The molecule has 6 nitrogen and oxygen atoms in total. The lowest BCUT2D eigenvalue weighted by atomic mass is 10.2. The molecule has 0 atom stereocenters. The highest BCUT2D eigenvalue weighted by atomic mass is 19.4. The zero-order valence-corrected chi connectivity index (χ0v) is 10.2. The Bertz CT molecular complexity index is 775. The second kappa shape index (κ2) is 5.27. The summed E-state index contributed by atoms with van der Waals surface area (Å²) in [6.45, 7) is 0. The van der Waals surface area contributed by atoms with Gasteiger partial charge in [-0.15, -0.1) is 0 Å². The van der Waals surface area contributed by atoms with Gasteiger partial charge in [0.2, 0.25) is 0 Å². The van der Waals surface area contributed by atoms with Crippen LogP contribution >= 0.6 is 0 Å². The molecule has 1 heterocycles. The third-order valence-electron chi connectivity index (χ3n) is 2.45. The highest BCUT2D eigenvalue weighted by Gasteiger charge is 2.30. The lowest BCUT2D eigenvalue weighted by Crippen LogP contribution is -2.25. The molecule has 1 aromatic carbocycles. The maximum absolute atomic E-state index is 12.4. The van der Waals surface area contributed by atoms with Crippen molar-refractivity contribution >= 4 is 11.6 Å². The zero-order chi connectivity index (χ0) is 15.6. The Kier molecular flexibility index (Phi) is 3.66. The van der Waals surface area contributed by atoms with Crippen molar-refractivity contribution in [2.45, 2.75) is 6.18 Å². The number of carbonyl (C=O) groups excluding carboxylic acids is 1. The summed E-state index contributed by atoms with van der Waals surface area (Å²) in [6.07, 6.45) is -3.63. The van der Waals surface area contributed by atoms with E-state index >= 15 is 0 Å². The van der Waals surface area contributed by atoms with Gasteiger partial charge in [-0.05, 0) is 24.3 Å². The van der Waals surface area contributed by atoms with Gasteiger partial charge in [0.25, 0.3) is 5.91 Å². The highest BCUT2D eigenvalue weighted by molar-refractivity contribution is 6.03. The van der Waals surface area contributed by atoms with Crippen LogP contribution in [0.5, 0.6) is 0 Å². The molecule has 0 aliphatic rings. The third kappa shape index (κ3) is 3.38. The Morgan fingerprint density at radius 1 is 1.14 bits per heavy atom. The second-order valence-corrected chi connectivity index (χ2v) is 3.91. The summed E-state index contributed by atoms with van der Waals surface area (Å²) in [6, 6.07) is 3.64. The molecule has 0 spiro atoms. The predicted molar refractivity (Wildman–Crippen MR) is 65.0 cm³/mol. The molecule has 0 radical (unpaired) electrons. The van der Waals surface area contributed by atoms with Gasteiger partial charge < -0.3 is 9.73 Å². The summed E-state index contributed by atoms with van der Waals surface area (Å²) in [5.74, 6) is -1.94. The van der Waals surface area contributed by atoms with Crippen molar-refractivity contribution in [3.05, 3.63) is 62.6 Å². The van der Waals surface area contributed by atoms with Crippen LogP contribution < -0.4 is 16.7 Å². The molecule has 21 heavy (non-hydrogen) atoms. The fourth-order valence-corrected chi connectivity index (χ4v) is 1.46. The van der Waals surface area contributed by atoms with Crippen LogP contribution in [0.2, 0.25) is 0 Å². The number of aromatic amines is 1. The largest absolute Gasteiger partial charge is 0.419 e. The van der Waals surface area contributed by atoms with E-state index in [1.165, 1.54) is 0 Å². The Morgan fingerprint density at radius 2 is 1.76 bits per heavy atom. The lowest BCUT2D eigenvalue weighted by molar-refractivity contribution is -0.137. The van der Waals surface area contributed by atoms with Crippen molar-refractivity contribution in [1.82, 2.24) is 4.98 Å². The Morgan fingerprint density at radius 3 is 2.29 bits per heavy atom. The van der Waals surface area contributed by atoms with Crippen molar-refractivity contribution < 1.29 is 22.4 Å². The molecule has 0 unspecified atom stereocenters. The number of halogens is 3. The zero-order valence-electron chi connectivity index (χ0n) is 10.2. The van der Waals surface area contributed by atoms with E-state index in [9.17, 15) is 27.6 Å². The van der Waals surface area contributed by atoms with Gasteiger partial charge in [-0.2, -0.15) is 13.2 Å². The smallest absolute Gasteiger partial charge is 0.372 e. The van der Waals surface area contributed by atoms with E-state index in [0.717, 1.165) is 30.5 Å². The van der Waals surface area contributed by atoms with E-state index in [1.54, 1.807) is 0 Å². The minimum Gasteiger partial charge on any atom is -0.372 e. The first-order valence-electron chi connectivity index (χ1n) is 5.49. The average molecular weight is 300 g/mol. The monoisotopic (exact) mass is 300 g/mol. The number of rotatable bonds is 2. The fraction of sp³-hybridized carbons (Fsp3) is 0.0833. The fourth-order valence-electron chi connectivity index (χ4n) is 1.46. The number of hydrogen-bond acceptors (Lipinski definition) is 4. The quantitative estimate of drug-likeness (QED) is 0.881. The number of benzene rings is 1. The number of anilines is 1. The molecular formula is C12H7F3N2O4. The van der Waals surface area contributed by atoms with E-state index in [0.29, 0.717) is 0 Å². The molecule has 0 saturated carbocycles. The van der Waals surface area contributed by atoms with E-state index in [2.05, 4.69) is 9.73 Å². The first-order chi connectivity index (χ1) is 9.77. The molecule has 0 bridgehead atoms. The number of hydrogen-bond donors (Lipinski definition) is 2. The molecule has 1 amide bonds. The molecule has 0 aliphatic heterocycles. The highest BCUT2D eigenvalue weighted by Crippen LogP contribution is 2.29. The predicted octanol–water partition coefficient (Wildman–Crippen LogP) is 1.60. The van der Waals surface area contributed by atoms with Crippen LogP contribution in [0.15, 0.2) is 44.5 Å². The second-order valence-electron chi connectivity index (χ2n) is 3.91. The molecule has 0 aliphatic carbocycles. The molecule has 0 fully saturated rings. The number of aromatic nitrogens is 1. The van der Waals surface area contributed by atoms with Crippen molar-refractivity contribution in [3.8, 4) is 0 Å². The van der Waals surface area contributed by atoms with E-state index in [1.807, 2.05) is 4.98 Å². The summed E-state index contributed by atoms with van der Waals surface area (Å²) in [5.41, 5.74) is -2.44. The lowest BCUT2D eigenvalue weighted by Gasteiger charge is -2.08. The van der Waals surface area contributed by atoms with Gasteiger partial charge >= 0.3 is 17.6 Å². The Hall–Kier alpha value is -2.84. The van der Waals surface area contributed by atoms with Gasteiger partial charge in [-0.25, -0.2) is 9.59 Å². The molecule has 9 heteroatoms. The van der Waals surface area contributed by atoms with Gasteiger partial charge in [0.15, 0.2) is 0 Å². The summed E-state index contributed by atoms with van der Waals surface area (Å²) < 4.78 is 41.2. The van der Waals surface area contributed by atoms with Gasteiger partial charge in [0, 0.05) is 11.9 Å². The normalized spacial score (nSPS) is 11.2. The van der Waals surface area contributed by atoms with Crippen LogP contribution in [0.3, 0.4) is 0 Å². The minimum absolute atomic E-state index is 0.0543. The summed E-state index contributed by atoms with van der Waals surface area (Å²) in [7, 11) is 0. The standard InChI is InChI=1S/C12H7F3N2O4/c13-12(14,15)6-1-3-7(4-2-6)17-9(18)8-5-16-11(20)21-10(8)19/h1-5H,(H,16,20)(H,17,18). The van der Waals surface area contributed by atoms with Crippen molar-refractivity contribution in [1.29, 1.82) is 0 Å². The van der Waals surface area contributed by atoms with Gasteiger partial charge in [0.05, 0.1) is 5.56 Å². The summed E-state index contributed by atoms with van der Waals surface area (Å²) in [4.78, 5) is 35.7. The van der Waals surface area contributed by atoms with Crippen LogP contribution in [0.25, 0.3) is 0 Å². The SMILES string of the molecule is O=C(Nc1ccc(C(F)(F)F)cc1)c1c[nH]c(=O)oc1=O. The van der Waals surface area contributed by atoms with Crippen LogP contribution in [0, 0.1) is 0 Å². The van der Waals surface area contributed by atoms with E-state index in [4.69, 9.17) is 0 Å². The maximum Gasteiger partial charge on any atom is 0.419 e. The van der Waals surface area contributed by atoms with Crippen LogP contribution in [-0.4, -0.2) is 10.9 Å². The molecule has 2 aromatic rings. The van der Waals surface area contributed by atoms with Gasteiger partial charge in [-0.3, -0.25) is 9.78 Å². The minimum atomic E-state index is -4.48. The molecular weight excluding hydrogens is 293 g/mol. The van der Waals surface area contributed by atoms with Crippen LogP contribution in [0.4, 0.5) is 18.9 Å². The molecule has 1 aromatic heterocycles. The topological polar surface area (TPSA) is 92.2 Å². The number of amides is 1. The number of nitrogens with one attached hydrogen (secondary N) is 2. The number of alkyl halides is 3. The molecule has 0 saturated heterocycles.